The van der Waals surface area contributed by atoms with Crippen LogP contribution in [0.2, 0.25) is 0 Å². The molecule has 0 fully saturated rings. The van der Waals surface area contributed by atoms with Crippen LogP contribution in [0.4, 0.5) is 0 Å². The molecule has 22 heavy (non-hydrogen) atoms. The van der Waals surface area contributed by atoms with E-state index in [2.05, 4.69) is 26.0 Å². The van der Waals surface area contributed by atoms with E-state index in [1.54, 1.807) is 0 Å². The molecule has 0 aliphatic carbocycles. The molecule has 0 amide bonds. The smallest absolute Gasteiger partial charge is 0.140 e. The summed E-state index contributed by atoms with van der Waals surface area (Å²) in [6, 6.07) is 26.4. The van der Waals surface area contributed by atoms with E-state index in [-0.39, 0.29) is 0 Å². The molecule has 0 N–H and O–H groups in total. The second-order valence-electron chi connectivity index (χ2n) is 5.45. The van der Waals surface area contributed by atoms with Gasteiger partial charge in [0, 0.05) is 11.5 Å². The van der Waals surface area contributed by atoms with Gasteiger partial charge in [-0.25, -0.2) is 0 Å². The van der Waals surface area contributed by atoms with Crippen molar-refractivity contribution in [3.05, 3.63) is 84.4 Å². The van der Waals surface area contributed by atoms with Crippen molar-refractivity contribution in [1.82, 2.24) is 0 Å². The van der Waals surface area contributed by atoms with Crippen LogP contribution in [-0.2, 0) is 10.7 Å². The third kappa shape index (κ3) is 3.23. The summed E-state index contributed by atoms with van der Waals surface area (Å²) in [5, 5.41) is 0.977. The first-order valence-corrected chi connectivity index (χ1v) is 9.09. The Morgan fingerprint density at radius 1 is 0.727 bits per heavy atom. The number of rotatable bonds is 4. The van der Waals surface area contributed by atoms with Crippen LogP contribution in [0.3, 0.4) is 0 Å². The largest absolute Gasteiger partial charge is 0.322 e. The van der Waals surface area contributed by atoms with Crippen molar-refractivity contribution in [1.29, 1.82) is 0 Å². The summed E-state index contributed by atoms with van der Waals surface area (Å²) in [6.07, 6.45) is 0.619. The summed E-state index contributed by atoms with van der Waals surface area (Å²) in [4.78, 5) is 0. The summed E-state index contributed by atoms with van der Waals surface area (Å²) in [7, 11) is 0.235. The van der Waals surface area contributed by atoms with E-state index in [0.717, 1.165) is 16.4 Å². The molecular weight excluding hydrogens is 286 g/mol. The molecule has 3 aromatic rings. The first kappa shape index (κ1) is 14.9. The molecule has 1 nitrogen and oxygen atoms in total. The Balaban J connectivity index is 1.98. The summed E-state index contributed by atoms with van der Waals surface area (Å²) >= 11 is 0. The molecule has 0 radical (unpaired) electrons. The second kappa shape index (κ2) is 6.81. The number of hydrogen-bond donors (Lipinski definition) is 0. The van der Waals surface area contributed by atoms with Crippen molar-refractivity contribution in [2.24, 2.45) is 0 Å². The molecular formula is C19H18BOP. The number of benzene rings is 3. The lowest BCUT2D eigenvalue weighted by molar-refractivity contribution is 0.593. The lowest BCUT2D eigenvalue weighted by atomic mass is 9.87. The first-order valence-electron chi connectivity index (χ1n) is 7.48. The minimum absolute atomic E-state index is 0.619. The molecule has 0 aliphatic rings. The van der Waals surface area contributed by atoms with Crippen LogP contribution < -0.4 is 10.8 Å². The minimum atomic E-state index is -1.86. The maximum atomic E-state index is 12.9. The molecule has 0 saturated carbocycles. The molecule has 3 rings (SSSR count). The van der Waals surface area contributed by atoms with E-state index in [9.17, 15) is 4.57 Å². The highest BCUT2D eigenvalue weighted by Gasteiger charge is 2.12. The van der Waals surface area contributed by atoms with E-state index in [1.165, 1.54) is 11.0 Å². The van der Waals surface area contributed by atoms with Crippen molar-refractivity contribution in [2.75, 3.05) is 0 Å². The van der Waals surface area contributed by atoms with Gasteiger partial charge >= 0.3 is 0 Å². The van der Waals surface area contributed by atoms with Gasteiger partial charge in [-0.1, -0.05) is 84.3 Å². The maximum Gasteiger partial charge on any atom is 0.140 e. The third-order valence-corrected chi connectivity index (χ3v) is 5.64. The van der Waals surface area contributed by atoms with Crippen LogP contribution >= 0.6 is 7.80 Å². The van der Waals surface area contributed by atoms with Gasteiger partial charge < -0.3 is 4.57 Å². The normalized spacial score (nSPS) is 12.0. The average molecular weight is 304 g/mol. The van der Waals surface area contributed by atoms with Crippen molar-refractivity contribution in [2.45, 2.75) is 6.16 Å². The zero-order valence-corrected chi connectivity index (χ0v) is 13.6. The molecule has 0 aromatic heterocycles. The summed E-state index contributed by atoms with van der Waals surface area (Å²) in [5.41, 5.74) is 4.61. The van der Waals surface area contributed by atoms with Gasteiger partial charge in [0.05, 0.1) is 0 Å². The van der Waals surface area contributed by atoms with Gasteiger partial charge in [0.1, 0.15) is 15.6 Å². The Kier molecular flexibility index (Phi) is 4.60. The van der Waals surface area contributed by atoms with Crippen molar-refractivity contribution in [3.8, 4) is 11.1 Å². The van der Waals surface area contributed by atoms with Gasteiger partial charge in [0.2, 0.25) is 0 Å². The second-order valence-corrected chi connectivity index (χ2v) is 7.18. The molecule has 1 atom stereocenters. The van der Waals surface area contributed by atoms with Gasteiger partial charge in [-0.15, -0.1) is 0 Å². The van der Waals surface area contributed by atoms with E-state index in [4.69, 9.17) is 0 Å². The SMILES string of the molecule is Bc1ccccc1-c1ccccc1[PH](=O)Cc1ccccc1. The molecule has 0 heterocycles. The Labute approximate surface area is 133 Å². The van der Waals surface area contributed by atoms with Gasteiger partial charge in [-0.3, -0.25) is 0 Å². The molecule has 3 aromatic carbocycles. The van der Waals surface area contributed by atoms with E-state index in [1.807, 2.05) is 60.7 Å². The fourth-order valence-corrected chi connectivity index (χ4v) is 4.31. The van der Waals surface area contributed by atoms with Crippen LogP contribution in [0.1, 0.15) is 5.56 Å². The maximum absolute atomic E-state index is 12.9. The van der Waals surface area contributed by atoms with Crippen LogP contribution in [0.15, 0.2) is 78.9 Å². The molecule has 108 valence electrons. The third-order valence-electron chi connectivity index (χ3n) is 3.87. The predicted molar refractivity (Wildman–Crippen MR) is 98.8 cm³/mol. The highest BCUT2D eigenvalue weighted by molar-refractivity contribution is 7.53. The molecule has 1 unspecified atom stereocenters. The Hall–Kier alpha value is -2.05. The standard InChI is InChI=1S/C19H18BOP/c20-18-12-6-4-10-16(18)17-11-5-7-13-19(17)22(21)14-15-8-2-1-3-9-15/h1-13,22H,14,20H2. The zero-order valence-electron chi connectivity index (χ0n) is 12.6. The monoisotopic (exact) mass is 304 g/mol. The van der Waals surface area contributed by atoms with Crippen LogP contribution in [0.5, 0.6) is 0 Å². The fraction of sp³-hybridized carbons (Fsp3) is 0.0526. The summed E-state index contributed by atoms with van der Waals surface area (Å²) in [6.45, 7) is 0. The minimum Gasteiger partial charge on any atom is -0.322 e. The quantitative estimate of drug-likeness (QED) is 0.535. The summed E-state index contributed by atoms with van der Waals surface area (Å²) < 4.78 is 12.9. The molecule has 0 bridgehead atoms. The highest BCUT2D eigenvalue weighted by atomic mass is 31.1. The van der Waals surface area contributed by atoms with E-state index >= 15 is 0 Å². The van der Waals surface area contributed by atoms with Crippen LogP contribution in [0.25, 0.3) is 11.1 Å². The van der Waals surface area contributed by atoms with E-state index in [0.29, 0.717) is 6.16 Å². The van der Waals surface area contributed by atoms with Crippen molar-refractivity contribution < 1.29 is 4.57 Å². The van der Waals surface area contributed by atoms with Gasteiger partial charge in [-0.05, 0) is 16.7 Å². The summed E-state index contributed by atoms with van der Waals surface area (Å²) in [5.74, 6) is 0. The highest BCUT2D eigenvalue weighted by Crippen LogP contribution is 2.31. The molecule has 0 aliphatic heterocycles. The average Bonchev–Trinajstić information content (AvgIpc) is 2.56. The zero-order chi connectivity index (χ0) is 15.4. The van der Waals surface area contributed by atoms with Crippen molar-refractivity contribution in [3.63, 3.8) is 0 Å². The molecule has 3 heteroatoms. The van der Waals surface area contributed by atoms with E-state index < -0.39 is 7.80 Å². The fourth-order valence-electron chi connectivity index (χ4n) is 2.71. The Morgan fingerprint density at radius 2 is 1.32 bits per heavy atom. The first-order chi connectivity index (χ1) is 10.8. The van der Waals surface area contributed by atoms with Gasteiger partial charge in [0.25, 0.3) is 0 Å². The lowest BCUT2D eigenvalue weighted by Crippen LogP contribution is -2.11. The van der Waals surface area contributed by atoms with Crippen LogP contribution in [0, 0.1) is 0 Å². The predicted octanol–water partition coefficient (Wildman–Crippen LogP) is 3.00. The molecule has 0 saturated heterocycles. The van der Waals surface area contributed by atoms with Crippen molar-refractivity contribution >= 4 is 26.4 Å². The Morgan fingerprint density at radius 3 is 2.05 bits per heavy atom. The molecule has 0 spiro atoms. The lowest BCUT2D eigenvalue weighted by Gasteiger charge is -2.12. The topological polar surface area (TPSA) is 17.1 Å². The number of hydrogen-bond acceptors (Lipinski definition) is 1. The Bertz CT molecular complexity index is 799. The van der Waals surface area contributed by atoms with Gasteiger partial charge in [-0.2, -0.15) is 0 Å². The van der Waals surface area contributed by atoms with Gasteiger partial charge in [0.15, 0.2) is 0 Å². The van der Waals surface area contributed by atoms with Crippen LogP contribution in [-0.4, -0.2) is 7.85 Å².